The first-order valence-corrected chi connectivity index (χ1v) is 7.74. The van der Waals surface area contributed by atoms with Gasteiger partial charge < -0.3 is 10.0 Å². The molecule has 1 aromatic heterocycles. The Balaban J connectivity index is 2.07. The molecule has 21 heavy (non-hydrogen) atoms. The fourth-order valence-electron chi connectivity index (χ4n) is 2.95. The molecular formula is C15H18BrN3O2. The molecule has 6 heteroatoms. The number of amides is 1. The van der Waals surface area contributed by atoms with Gasteiger partial charge in [-0.2, -0.15) is 5.10 Å². The van der Waals surface area contributed by atoms with Crippen LogP contribution in [0.3, 0.4) is 0 Å². The second kappa shape index (κ2) is 4.81. The van der Waals surface area contributed by atoms with Crippen molar-refractivity contribution in [1.29, 1.82) is 0 Å². The molecule has 1 aromatic carbocycles. The second-order valence-corrected chi connectivity index (χ2v) is 6.96. The highest BCUT2D eigenvalue weighted by molar-refractivity contribution is 9.10. The van der Waals surface area contributed by atoms with Gasteiger partial charge in [0.25, 0.3) is 5.91 Å². The van der Waals surface area contributed by atoms with Gasteiger partial charge >= 0.3 is 0 Å². The Morgan fingerprint density at radius 3 is 2.81 bits per heavy atom. The maximum absolute atomic E-state index is 12.8. The van der Waals surface area contributed by atoms with E-state index in [1.54, 1.807) is 9.58 Å². The quantitative estimate of drug-likeness (QED) is 0.857. The molecule has 1 N–H and O–H groups in total. The summed E-state index contributed by atoms with van der Waals surface area (Å²) < 4.78 is 2.67. The van der Waals surface area contributed by atoms with E-state index in [1.807, 2.05) is 39.1 Å². The van der Waals surface area contributed by atoms with Crippen LogP contribution >= 0.6 is 15.9 Å². The third kappa shape index (κ3) is 2.17. The molecule has 1 atom stereocenters. The summed E-state index contributed by atoms with van der Waals surface area (Å²) >= 11 is 3.44. The first-order valence-electron chi connectivity index (χ1n) is 6.94. The van der Waals surface area contributed by atoms with Crippen LogP contribution in [0.5, 0.6) is 0 Å². The van der Waals surface area contributed by atoms with Gasteiger partial charge in [-0.3, -0.25) is 9.48 Å². The van der Waals surface area contributed by atoms with E-state index < -0.39 is 11.6 Å². The van der Waals surface area contributed by atoms with E-state index in [0.29, 0.717) is 18.7 Å². The number of aliphatic hydroxyl groups is 1. The first kappa shape index (κ1) is 14.5. The zero-order chi connectivity index (χ0) is 15.4. The summed E-state index contributed by atoms with van der Waals surface area (Å²) in [5.74, 6) is -0.121. The number of fused-ring (bicyclic) bond motifs is 1. The third-order valence-electron chi connectivity index (χ3n) is 4.40. The summed E-state index contributed by atoms with van der Waals surface area (Å²) in [6, 6.07) is 5.76. The Kier molecular flexibility index (Phi) is 3.33. The average Bonchev–Trinajstić information content (AvgIpc) is 2.88. The molecule has 112 valence electrons. The van der Waals surface area contributed by atoms with Crippen molar-refractivity contribution < 1.29 is 9.90 Å². The van der Waals surface area contributed by atoms with Gasteiger partial charge in [0.1, 0.15) is 0 Å². The largest absolute Gasteiger partial charge is 0.391 e. The summed E-state index contributed by atoms with van der Waals surface area (Å²) in [5, 5.41) is 15.3. The molecule has 1 aliphatic rings. The number of rotatable bonds is 1. The fourth-order valence-corrected chi connectivity index (χ4v) is 3.30. The summed E-state index contributed by atoms with van der Waals surface area (Å²) in [6.07, 6.45) is 0.111. The molecule has 1 aliphatic heterocycles. The summed E-state index contributed by atoms with van der Waals surface area (Å²) in [6.45, 7) is 4.34. The van der Waals surface area contributed by atoms with Crippen LogP contribution in [-0.4, -0.2) is 43.9 Å². The summed E-state index contributed by atoms with van der Waals surface area (Å²) in [4.78, 5) is 14.6. The Morgan fingerprint density at radius 1 is 1.48 bits per heavy atom. The highest BCUT2D eigenvalue weighted by Gasteiger charge is 2.44. The van der Waals surface area contributed by atoms with Crippen LogP contribution in [0.2, 0.25) is 0 Å². The van der Waals surface area contributed by atoms with Gasteiger partial charge in [0, 0.05) is 23.5 Å². The van der Waals surface area contributed by atoms with Gasteiger partial charge in [-0.15, -0.1) is 0 Å². The lowest BCUT2D eigenvalue weighted by Gasteiger charge is -2.33. The molecule has 1 unspecified atom stereocenters. The minimum atomic E-state index is -0.559. The number of halogens is 1. The number of aromatic nitrogens is 2. The first-order chi connectivity index (χ1) is 9.82. The number of hydrogen-bond acceptors (Lipinski definition) is 3. The number of benzene rings is 1. The zero-order valence-corrected chi connectivity index (χ0v) is 13.9. The zero-order valence-electron chi connectivity index (χ0n) is 12.3. The molecule has 0 aliphatic carbocycles. The predicted molar refractivity (Wildman–Crippen MR) is 84.2 cm³/mol. The summed E-state index contributed by atoms with van der Waals surface area (Å²) in [7, 11) is 1.83. The lowest BCUT2D eigenvalue weighted by atomic mass is 9.98. The van der Waals surface area contributed by atoms with Crippen LogP contribution in [0.1, 0.15) is 30.8 Å². The van der Waals surface area contributed by atoms with E-state index in [2.05, 4.69) is 21.0 Å². The van der Waals surface area contributed by atoms with E-state index in [4.69, 9.17) is 0 Å². The van der Waals surface area contributed by atoms with E-state index in [-0.39, 0.29) is 5.91 Å². The SMILES string of the molecule is Cn1nc(C(=O)N2CCC(O)C2(C)C)c2ccc(Br)cc21. The molecule has 2 aromatic rings. The number of likely N-dealkylation sites (tertiary alicyclic amines) is 1. The van der Waals surface area contributed by atoms with Gasteiger partial charge in [0.2, 0.25) is 0 Å². The van der Waals surface area contributed by atoms with Crippen molar-refractivity contribution in [3.8, 4) is 0 Å². The maximum Gasteiger partial charge on any atom is 0.275 e. The van der Waals surface area contributed by atoms with E-state index in [0.717, 1.165) is 15.4 Å². The number of carbonyl (C=O) groups excluding carboxylic acids is 1. The van der Waals surface area contributed by atoms with Crippen molar-refractivity contribution >= 4 is 32.7 Å². The van der Waals surface area contributed by atoms with Crippen molar-refractivity contribution in [2.75, 3.05) is 6.54 Å². The highest BCUT2D eigenvalue weighted by atomic mass is 79.9. The molecule has 0 saturated carbocycles. The average molecular weight is 352 g/mol. The van der Waals surface area contributed by atoms with Crippen LogP contribution in [0.25, 0.3) is 10.9 Å². The van der Waals surface area contributed by atoms with Crippen LogP contribution in [0.4, 0.5) is 0 Å². The monoisotopic (exact) mass is 351 g/mol. The topological polar surface area (TPSA) is 58.4 Å². The van der Waals surface area contributed by atoms with Crippen molar-refractivity contribution in [2.45, 2.75) is 31.9 Å². The van der Waals surface area contributed by atoms with Gasteiger partial charge in [0.05, 0.1) is 17.2 Å². The second-order valence-electron chi connectivity index (χ2n) is 6.05. The smallest absolute Gasteiger partial charge is 0.275 e. The van der Waals surface area contributed by atoms with Crippen molar-refractivity contribution in [3.05, 3.63) is 28.4 Å². The van der Waals surface area contributed by atoms with Crippen LogP contribution < -0.4 is 0 Å². The Hall–Kier alpha value is -1.40. The van der Waals surface area contributed by atoms with E-state index in [9.17, 15) is 9.90 Å². The molecule has 0 bridgehead atoms. The fraction of sp³-hybridized carbons (Fsp3) is 0.467. The van der Waals surface area contributed by atoms with Gasteiger partial charge in [-0.25, -0.2) is 0 Å². The molecule has 3 rings (SSSR count). The number of aryl methyl sites for hydroxylation is 1. The molecule has 0 spiro atoms. The minimum absolute atomic E-state index is 0.121. The highest BCUT2D eigenvalue weighted by Crippen LogP contribution is 2.32. The molecule has 0 radical (unpaired) electrons. The number of nitrogens with zero attached hydrogens (tertiary/aromatic N) is 3. The van der Waals surface area contributed by atoms with Crippen molar-refractivity contribution in [2.24, 2.45) is 7.05 Å². The lowest BCUT2D eigenvalue weighted by molar-refractivity contribution is 0.0390. The van der Waals surface area contributed by atoms with Crippen LogP contribution in [0, 0.1) is 0 Å². The summed E-state index contributed by atoms with van der Waals surface area (Å²) in [5.41, 5.74) is 0.795. The Bertz CT molecular complexity index is 723. The van der Waals surface area contributed by atoms with Gasteiger partial charge in [-0.05, 0) is 38.5 Å². The predicted octanol–water partition coefficient (Wildman–Crippen LogP) is 2.32. The van der Waals surface area contributed by atoms with Gasteiger partial charge in [-0.1, -0.05) is 15.9 Å². The standard InChI is InChI=1S/C15H18BrN3O2/c1-15(2)12(20)6-7-19(15)14(21)13-10-5-4-9(16)8-11(10)18(3)17-13/h4-5,8,12,20H,6-7H2,1-3H3. The van der Waals surface area contributed by atoms with E-state index >= 15 is 0 Å². The third-order valence-corrected chi connectivity index (χ3v) is 4.89. The molecule has 1 amide bonds. The van der Waals surface area contributed by atoms with Crippen molar-refractivity contribution in [1.82, 2.24) is 14.7 Å². The number of hydrogen-bond donors (Lipinski definition) is 1. The molecule has 5 nitrogen and oxygen atoms in total. The van der Waals surface area contributed by atoms with Gasteiger partial charge in [0.15, 0.2) is 5.69 Å². The number of aliphatic hydroxyl groups excluding tert-OH is 1. The Morgan fingerprint density at radius 2 is 2.19 bits per heavy atom. The van der Waals surface area contributed by atoms with Crippen LogP contribution in [0.15, 0.2) is 22.7 Å². The number of carbonyl (C=O) groups is 1. The Labute approximate surface area is 131 Å². The van der Waals surface area contributed by atoms with E-state index in [1.165, 1.54) is 0 Å². The molecule has 1 fully saturated rings. The lowest BCUT2D eigenvalue weighted by Crippen LogP contribution is -2.48. The van der Waals surface area contributed by atoms with Crippen LogP contribution in [-0.2, 0) is 7.05 Å². The minimum Gasteiger partial charge on any atom is -0.391 e. The molecular weight excluding hydrogens is 334 g/mol. The molecule has 1 saturated heterocycles. The molecule has 2 heterocycles. The van der Waals surface area contributed by atoms with Crippen molar-refractivity contribution in [3.63, 3.8) is 0 Å². The normalized spacial score (nSPS) is 21.2. The maximum atomic E-state index is 12.8.